The molecule has 1 aromatic rings. The van der Waals surface area contributed by atoms with Crippen molar-refractivity contribution in [2.75, 3.05) is 33.7 Å². The number of carbonyl (C=O) groups is 1. The van der Waals surface area contributed by atoms with Crippen molar-refractivity contribution in [3.63, 3.8) is 0 Å². The van der Waals surface area contributed by atoms with Gasteiger partial charge in [0.1, 0.15) is 0 Å². The Balaban J connectivity index is 2.32. The minimum atomic E-state index is 0.0383. The highest BCUT2D eigenvalue weighted by Gasteiger charge is 2.10. The molecule has 6 nitrogen and oxygen atoms in total. The van der Waals surface area contributed by atoms with Crippen LogP contribution < -0.4 is 10.6 Å². The molecule has 1 rings (SSSR count). The van der Waals surface area contributed by atoms with Gasteiger partial charge in [-0.1, -0.05) is 32.8 Å². The summed E-state index contributed by atoms with van der Waals surface area (Å²) in [5.41, 5.74) is 0.993. The fraction of sp³-hybridized carbons (Fsp3) is 0.611. The summed E-state index contributed by atoms with van der Waals surface area (Å²) in [6, 6.07) is 5.82. The molecule has 1 amide bonds. The number of carbonyl (C=O) groups excluding carboxylic acids is 1. The van der Waals surface area contributed by atoms with Crippen molar-refractivity contribution in [2.24, 2.45) is 10.9 Å². The molecule has 0 saturated carbocycles. The number of amides is 1. The molecule has 0 aliphatic heterocycles. The number of aliphatic imine (C=N–C) groups is 1. The van der Waals surface area contributed by atoms with Crippen LogP contribution in [-0.2, 0) is 11.2 Å². The molecule has 24 heavy (non-hydrogen) atoms. The molecule has 0 bridgehead atoms. The van der Waals surface area contributed by atoms with Crippen molar-refractivity contribution < 1.29 is 4.79 Å². The second-order valence-corrected chi connectivity index (χ2v) is 5.88. The number of nitrogens with one attached hydrogen (secondary N) is 2. The summed E-state index contributed by atoms with van der Waals surface area (Å²) >= 11 is 0. The predicted octanol–water partition coefficient (Wildman–Crippen LogP) is 1.68. The van der Waals surface area contributed by atoms with Gasteiger partial charge in [0.25, 0.3) is 0 Å². The zero-order valence-electron chi connectivity index (χ0n) is 15.4. The van der Waals surface area contributed by atoms with E-state index in [0.29, 0.717) is 18.4 Å². The molecule has 0 atom stereocenters. The number of nitrogens with zero attached hydrogens (tertiary/aromatic N) is 3. The maximum Gasteiger partial charge on any atom is 0.241 e. The molecule has 6 heteroatoms. The van der Waals surface area contributed by atoms with E-state index in [0.717, 1.165) is 31.5 Å². The van der Waals surface area contributed by atoms with Crippen molar-refractivity contribution in [3.05, 3.63) is 30.1 Å². The van der Waals surface area contributed by atoms with Gasteiger partial charge in [-0.05, 0) is 18.1 Å². The van der Waals surface area contributed by atoms with Gasteiger partial charge in [0.05, 0.1) is 6.54 Å². The molecule has 0 unspecified atom stereocenters. The second kappa shape index (κ2) is 11.4. The molecule has 0 fully saturated rings. The topological polar surface area (TPSA) is 69.6 Å². The summed E-state index contributed by atoms with van der Waals surface area (Å²) in [6.45, 7) is 6.13. The van der Waals surface area contributed by atoms with Crippen molar-refractivity contribution in [3.8, 4) is 0 Å². The van der Waals surface area contributed by atoms with Gasteiger partial charge in [-0.25, -0.2) is 0 Å². The standard InChI is InChI=1S/C18H31N5O/c1-5-15(6-2)13-21-18(19-3)22-14-17(24)23(4)12-10-16-9-7-8-11-20-16/h7-9,11,15H,5-6,10,12-14H2,1-4H3,(H2,19,21,22). The van der Waals surface area contributed by atoms with E-state index in [1.54, 1.807) is 18.1 Å². The van der Waals surface area contributed by atoms with Gasteiger partial charge in [-0.3, -0.25) is 14.8 Å². The quantitative estimate of drug-likeness (QED) is 0.533. The lowest BCUT2D eigenvalue weighted by Crippen LogP contribution is -2.45. The fourth-order valence-corrected chi connectivity index (χ4v) is 2.29. The highest BCUT2D eigenvalue weighted by molar-refractivity contribution is 5.86. The molecule has 0 aromatic carbocycles. The summed E-state index contributed by atoms with van der Waals surface area (Å²) in [7, 11) is 3.53. The van der Waals surface area contributed by atoms with Gasteiger partial charge >= 0.3 is 0 Å². The Morgan fingerprint density at radius 2 is 2.04 bits per heavy atom. The Bertz CT molecular complexity index is 499. The minimum absolute atomic E-state index is 0.0383. The van der Waals surface area contributed by atoms with Gasteiger partial charge < -0.3 is 15.5 Å². The van der Waals surface area contributed by atoms with Crippen molar-refractivity contribution in [1.82, 2.24) is 20.5 Å². The first kappa shape index (κ1) is 19.9. The predicted molar refractivity (Wildman–Crippen MR) is 99.0 cm³/mol. The van der Waals surface area contributed by atoms with Crippen LogP contribution in [0, 0.1) is 5.92 Å². The number of likely N-dealkylation sites (N-methyl/N-ethyl adjacent to an activating group) is 1. The third-order valence-electron chi connectivity index (χ3n) is 4.20. The van der Waals surface area contributed by atoms with Gasteiger partial charge in [0.2, 0.25) is 5.91 Å². The number of pyridine rings is 1. The largest absolute Gasteiger partial charge is 0.356 e. The van der Waals surface area contributed by atoms with E-state index >= 15 is 0 Å². The van der Waals surface area contributed by atoms with Crippen LogP contribution in [0.5, 0.6) is 0 Å². The molecular weight excluding hydrogens is 302 g/mol. The van der Waals surface area contributed by atoms with Crippen LogP contribution in [0.15, 0.2) is 29.4 Å². The third-order valence-corrected chi connectivity index (χ3v) is 4.20. The average molecular weight is 333 g/mol. The highest BCUT2D eigenvalue weighted by atomic mass is 16.2. The number of guanidine groups is 1. The second-order valence-electron chi connectivity index (χ2n) is 5.88. The molecule has 1 aromatic heterocycles. The first-order valence-electron chi connectivity index (χ1n) is 8.69. The molecule has 0 spiro atoms. The van der Waals surface area contributed by atoms with Crippen LogP contribution in [-0.4, -0.2) is 55.5 Å². The Morgan fingerprint density at radius 3 is 2.62 bits per heavy atom. The van der Waals surface area contributed by atoms with Crippen molar-refractivity contribution >= 4 is 11.9 Å². The van der Waals surface area contributed by atoms with Gasteiger partial charge in [-0.2, -0.15) is 0 Å². The Labute approximate surface area is 145 Å². The Hall–Kier alpha value is -2.11. The zero-order valence-corrected chi connectivity index (χ0v) is 15.4. The first-order chi connectivity index (χ1) is 11.6. The molecule has 2 N–H and O–H groups in total. The van der Waals surface area contributed by atoms with E-state index in [1.165, 1.54) is 0 Å². The summed E-state index contributed by atoms with van der Waals surface area (Å²) in [5, 5.41) is 6.37. The van der Waals surface area contributed by atoms with Crippen LogP contribution in [0.4, 0.5) is 0 Å². The van der Waals surface area contributed by atoms with E-state index in [9.17, 15) is 4.79 Å². The maximum atomic E-state index is 12.2. The van der Waals surface area contributed by atoms with Crippen molar-refractivity contribution in [2.45, 2.75) is 33.1 Å². The van der Waals surface area contributed by atoms with Gasteiger partial charge in [0.15, 0.2) is 5.96 Å². The molecule has 134 valence electrons. The van der Waals surface area contributed by atoms with E-state index in [2.05, 4.69) is 34.5 Å². The molecule has 0 aliphatic rings. The van der Waals surface area contributed by atoms with Crippen LogP contribution in [0.1, 0.15) is 32.4 Å². The number of aromatic nitrogens is 1. The van der Waals surface area contributed by atoms with Crippen LogP contribution >= 0.6 is 0 Å². The van der Waals surface area contributed by atoms with Gasteiger partial charge in [0, 0.05) is 45.5 Å². The molecule has 0 saturated heterocycles. The smallest absolute Gasteiger partial charge is 0.241 e. The monoisotopic (exact) mass is 333 g/mol. The number of hydrogen-bond acceptors (Lipinski definition) is 3. The zero-order chi connectivity index (χ0) is 17.8. The fourth-order valence-electron chi connectivity index (χ4n) is 2.29. The lowest BCUT2D eigenvalue weighted by Gasteiger charge is -2.19. The van der Waals surface area contributed by atoms with Crippen LogP contribution in [0.3, 0.4) is 0 Å². The Morgan fingerprint density at radius 1 is 1.29 bits per heavy atom. The Kier molecular flexibility index (Phi) is 9.49. The van der Waals surface area contributed by atoms with Crippen LogP contribution in [0.2, 0.25) is 0 Å². The lowest BCUT2D eigenvalue weighted by molar-refractivity contribution is -0.128. The van der Waals surface area contributed by atoms with Crippen molar-refractivity contribution in [1.29, 1.82) is 0 Å². The summed E-state index contributed by atoms with van der Waals surface area (Å²) in [4.78, 5) is 22.4. The first-order valence-corrected chi connectivity index (χ1v) is 8.69. The molecule has 1 heterocycles. The van der Waals surface area contributed by atoms with E-state index in [1.807, 2.05) is 25.2 Å². The third kappa shape index (κ3) is 7.44. The lowest BCUT2D eigenvalue weighted by atomic mass is 10.0. The van der Waals surface area contributed by atoms with E-state index in [4.69, 9.17) is 0 Å². The van der Waals surface area contributed by atoms with Crippen LogP contribution in [0.25, 0.3) is 0 Å². The van der Waals surface area contributed by atoms with E-state index in [-0.39, 0.29) is 12.5 Å². The average Bonchev–Trinajstić information content (AvgIpc) is 2.63. The van der Waals surface area contributed by atoms with E-state index < -0.39 is 0 Å². The summed E-state index contributed by atoms with van der Waals surface area (Å²) < 4.78 is 0. The SMILES string of the molecule is CCC(CC)CNC(=NC)NCC(=O)N(C)CCc1ccccn1. The molecule has 0 aliphatic carbocycles. The normalized spacial score (nSPS) is 11.5. The number of hydrogen-bond donors (Lipinski definition) is 2. The highest BCUT2D eigenvalue weighted by Crippen LogP contribution is 2.04. The number of rotatable bonds is 9. The van der Waals surface area contributed by atoms with Gasteiger partial charge in [-0.15, -0.1) is 0 Å². The summed E-state index contributed by atoms with van der Waals surface area (Å²) in [5.74, 6) is 1.34. The minimum Gasteiger partial charge on any atom is -0.356 e. The maximum absolute atomic E-state index is 12.2. The molecule has 0 radical (unpaired) electrons. The molecular formula is C18H31N5O. The summed E-state index contributed by atoms with van der Waals surface area (Å²) in [6.07, 6.45) is 4.80.